The van der Waals surface area contributed by atoms with Crippen molar-refractivity contribution in [1.82, 2.24) is 9.97 Å². The Kier molecular flexibility index (Phi) is 6.21. The van der Waals surface area contributed by atoms with E-state index in [9.17, 15) is 23.1 Å². The smallest absolute Gasteiger partial charge is 0.416 e. The molecule has 1 aromatic heterocycles. The van der Waals surface area contributed by atoms with Gasteiger partial charge in [0, 0.05) is 6.54 Å². The molecule has 1 aromatic carbocycles. The molecule has 10 heteroatoms. The largest absolute Gasteiger partial charge is 0.491 e. The molecule has 156 valence electrons. The number of hydrogen-bond donors (Lipinski definition) is 2. The van der Waals surface area contributed by atoms with Crippen LogP contribution in [0.25, 0.3) is 0 Å². The van der Waals surface area contributed by atoms with E-state index in [2.05, 4.69) is 15.3 Å². The van der Waals surface area contributed by atoms with Crippen LogP contribution in [0, 0.1) is 0 Å². The van der Waals surface area contributed by atoms with Crippen LogP contribution in [0.5, 0.6) is 5.75 Å². The summed E-state index contributed by atoms with van der Waals surface area (Å²) in [5.74, 6) is -0.973. The number of carboxylic acid groups (broad SMARTS) is 1. The van der Waals surface area contributed by atoms with Crippen molar-refractivity contribution in [2.24, 2.45) is 0 Å². The molecule has 0 spiro atoms. The van der Waals surface area contributed by atoms with E-state index >= 15 is 0 Å². The zero-order valence-electron chi connectivity index (χ0n) is 15.6. The normalized spacial score (nSPS) is 19.6. The van der Waals surface area contributed by atoms with Crippen molar-refractivity contribution >= 4 is 11.8 Å². The molecule has 0 radical (unpaired) electrons. The second kappa shape index (κ2) is 8.64. The number of methoxy groups -OCH3 is 1. The van der Waals surface area contributed by atoms with Crippen LogP contribution in [-0.2, 0) is 10.9 Å². The molecule has 3 rings (SSSR count). The van der Waals surface area contributed by atoms with E-state index in [1.165, 1.54) is 19.2 Å². The highest BCUT2D eigenvalue weighted by Crippen LogP contribution is 2.34. The monoisotopic (exact) mass is 411 g/mol. The molecule has 29 heavy (non-hydrogen) atoms. The molecule has 7 nitrogen and oxygen atoms in total. The van der Waals surface area contributed by atoms with Crippen molar-refractivity contribution in [1.29, 1.82) is 0 Å². The quantitative estimate of drug-likeness (QED) is 0.744. The third-order valence-electron chi connectivity index (χ3n) is 4.67. The number of anilines is 1. The Bertz CT molecular complexity index is 859. The van der Waals surface area contributed by atoms with Gasteiger partial charge in [-0.05, 0) is 37.0 Å². The number of halogens is 3. The van der Waals surface area contributed by atoms with E-state index in [0.29, 0.717) is 18.5 Å². The van der Waals surface area contributed by atoms with Gasteiger partial charge < -0.3 is 19.9 Å². The van der Waals surface area contributed by atoms with Gasteiger partial charge in [-0.15, -0.1) is 0 Å². The lowest BCUT2D eigenvalue weighted by molar-refractivity contribution is -0.137. The standard InChI is InChI=1S/C19H20F3N3O4/c1-28-16-15(18(26)27)24-10-25-17(16)23-9-13-3-2-4-14(29-13)11-5-7-12(8-6-11)19(20,21)22/h5-8,10,13-14H,2-4,9H2,1H3,(H,26,27)(H,23,24,25)/t13-,14+/m1/s1. The molecule has 0 unspecified atom stereocenters. The van der Waals surface area contributed by atoms with Crippen molar-refractivity contribution in [3.63, 3.8) is 0 Å². The SMILES string of the molecule is COc1c(NC[C@H]2CCC[C@@H](c3ccc(C(F)(F)F)cc3)O2)ncnc1C(=O)O. The fraction of sp³-hybridized carbons (Fsp3) is 0.421. The first-order valence-corrected chi connectivity index (χ1v) is 8.98. The van der Waals surface area contributed by atoms with Gasteiger partial charge in [-0.2, -0.15) is 13.2 Å². The first-order chi connectivity index (χ1) is 13.8. The zero-order chi connectivity index (χ0) is 21.0. The Balaban J connectivity index is 1.65. The predicted molar refractivity (Wildman–Crippen MR) is 96.9 cm³/mol. The minimum atomic E-state index is -4.37. The molecule has 0 saturated carbocycles. The summed E-state index contributed by atoms with van der Waals surface area (Å²) in [4.78, 5) is 18.9. The maximum Gasteiger partial charge on any atom is 0.416 e. The van der Waals surface area contributed by atoms with Gasteiger partial charge in [0.2, 0.25) is 0 Å². The van der Waals surface area contributed by atoms with Gasteiger partial charge in [0.05, 0.1) is 24.9 Å². The number of ether oxygens (including phenoxy) is 2. The summed E-state index contributed by atoms with van der Waals surface area (Å²) >= 11 is 0. The van der Waals surface area contributed by atoms with Crippen LogP contribution in [-0.4, -0.2) is 40.8 Å². The Morgan fingerprint density at radius 1 is 1.28 bits per heavy atom. The van der Waals surface area contributed by atoms with Crippen LogP contribution in [0.3, 0.4) is 0 Å². The van der Waals surface area contributed by atoms with Crippen LogP contribution >= 0.6 is 0 Å². The number of nitrogens with zero attached hydrogens (tertiary/aromatic N) is 2. The summed E-state index contributed by atoms with van der Waals surface area (Å²) in [6.45, 7) is 0.337. The van der Waals surface area contributed by atoms with E-state index in [1.807, 2.05) is 0 Å². The lowest BCUT2D eigenvalue weighted by Crippen LogP contribution is -2.29. The zero-order valence-corrected chi connectivity index (χ0v) is 15.6. The van der Waals surface area contributed by atoms with Gasteiger partial charge in [0.25, 0.3) is 0 Å². The van der Waals surface area contributed by atoms with Crippen LogP contribution in [0.1, 0.15) is 47.0 Å². The van der Waals surface area contributed by atoms with Crippen molar-refractivity contribution in [3.8, 4) is 5.75 Å². The molecule has 0 bridgehead atoms. The predicted octanol–water partition coefficient (Wildman–Crippen LogP) is 3.92. The fourth-order valence-electron chi connectivity index (χ4n) is 3.24. The number of rotatable bonds is 6. The highest BCUT2D eigenvalue weighted by Gasteiger charge is 2.31. The van der Waals surface area contributed by atoms with E-state index in [-0.39, 0.29) is 29.5 Å². The number of aromatic nitrogens is 2. The molecular weight excluding hydrogens is 391 g/mol. The van der Waals surface area contributed by atoms with Gasteiger partial charge >= 0.3 is 12.1 Å². The van der Waals surface area contributed by atoms with Crippen LogP contribution in [0.2, 0.25) is 0 Å². The molecule has 1 aliphatic rings. The first-order valence-electron chi connectivity index (χ1n) is 8.98. The second-order valence-corrected chi connectivity index (χ2v) is 6.59. The maximum absolute atomic E-state index is 12.7. The topological polar surface area (TPSA) is 93.6 Å². The van der Waals surface area contributed by atoms with Gasteiger partial charge in [0.15, 0.2) is 17.3 Å². The molecule has 0 aliphatic carbocycles. The molecule has 1 saturated heterocycles. The molecule has 2 atom stereocenters. The van der Waals surface area contributed by atoms with E-state index in [1.54, 1.807) is 0 Å². The Labute approximate surface area is 164 Å². The molecule has 2 aromatic rings. The summed E-state index contributed by atoms with van der Waals surface area (Å²) < 4.78 is 49.3. The number of hydrogen-bond acceptors (Lipinski definition) is 6. The van der Waals surface area contributed by atoms with Gasteiger partial charge in [0.1, 0.15) is 6.33 Å². The number of carboxylic acids is 1. The van der Waals surface area contributed by atoms with E-state index in [0.717, 1.165) is 31.3 Å². The minimum Gasteiger partial charge on any atom is -0.491 e. The van der Waals surface area contributed by atoms with Crippen molar-refractivity contribution < 1.29 is 32.5 Å². The summed E-state index contributed by atoms with van der Waals surface area (Å²) in [6, 6.07) is 4.99. The highest BCUT2D eigenvalue weighted by molar-refractivity contribution is 5.90. The van der Waals surface area contributed by atoms with Crippen LogP contribution in [0.15, 0.2) is 30.6 Å². The first kappa shape index (κ1) is 20.8. The summed E-state index contributed by atoms with van der Waals surface area (Å²) in [5.41, 5.74) is -0.256. The van der Waals surface area contributed by atoms with Crippen LogP contribution < -0.4 is 10.1 Å². The number of benzene rings is 1. The molecule has 2 heterocycles. The number of alkyl halides is 3. The van der Waals surface area contributed by atoms with Crippen molar-refractivity contribution in [2.45, 2.75) is 37.6 Å². The van der Waals surface area contributed by atoms with Crippen molar-refractivity contribution in [3.05, 3.63) is 47.4 Å². The molecular formula is C19H20F3N3O4. The minimum absolute atomic E-state index is 0.0232. The van der Waals surface area contributed by atoms with Gasteiger partial charge in [-0.3, -0.25) is 0 Å². The summed E-state index contributed by atoms with van der Waals surface area (Å²) in [5, 5.41) is 12.2. The highest BCUT2D eigenvalue weighted by atomic mass is 19.4. The van der Waals surface area contributed by atoms with E-state index in [4.69, 9.17) is 9.47 Å². The number of nitrogens with one attached hydrogen (secondary N) is 1. The molecule has 1 fully saturated rings. The van der Waals surface area contributed by atoms with Gasteiger partial charge in [-0.1, -0.05) is 12.1 Å². The Morgan fingerprint density at radius 2 is 2.00 bits per heavy atom. The third kappa shape index (κ3) is 4.94. The summed E-state index contributed by atoms with van der Waals surface area (Å²) in [6.07, 6.45) is -1.46. The molecule has 0 amide bonds. The van der Waals surface area contributed by atoms with Crippen LogP contribution in [0.4, 0.5) is 19.0 Å². The second-order valence-electron chi connectivity index (χ2n) is 6.59. The average Bonchev–Trinajstić information content (AvgIpc) is 2.71. The summed E-state index contributed by atoms with van der Waals surface area (Å²) in [7, 11) is 1.33. The lowest BCUT2D eigenvalue weighted by atomic mass is 9.97. The number of carbonyl (C=O) groups is 1. The van der Waals surface area contributed by atoms with E-state index < -0.39 is 17.7 Å². The average molecular weight is 411 g/mol. The molecule has 2 N–H and O–H groups in total. The molecule has 1 aliphatic heterocycles. The lowest BCUT2D eigenvalue weighted by Gasteiger charge is -2.31. The Morgan fingerprint density at radius 3 is 2.62 bits per heavy atom. The number of aromatic carboxylic acids is 1. The third-order valence-corrected chi connectivity index (χ3v) is 4.67. The van der Waals surface area contributed by atoms with Crippen molar-refractivity contribution in [2.75, 3.05) is 19.0 Å². The Hall–Kier alpha value is -2.88. The fourth-order valence-corrected chi connectivity index (χ4v) is 3.24. The maximum atomic E-state index is 12.7. The van der Waals surface area contributed by atoms with Gasteiger partial charge in [-0.25, -0.2) is 14.8 Å².